The average Bonchev–Trinajstić information content (AvgIpc) is 2.67. The minimum absolute atomic E-state index is 0. The first kappa shape index (κ1) is 20.3. The van der Waals surface area contributed by atoms with Crippen molar-refractivity contribution in [3.05, 3.63) is 48.2 Å². The largest absolute Gasteiger partial charge is 0.497 e. The van der Waals surface area contributed by atoms with Crippen LogP contribution in [0.15, 0.2) is 42.6 Å². The first-order valence-corrected chi connectivity index (χ1v) is 7.95. The van der Waals surface area contributed by atoms with E-state index in [0.717, 1.165) is 5.39 Å². The number of benzene rings is 2. The molecule has 3 rings (SSSR count). The molecule has 1 aromatic heterocycles. The molecule has 7 heteroatoms. The number of nitrogens with zero attached hydrogens (tertiary/aromatic N) is 1. The predicted molar refractivity (Wildman–Crippen MR) is 105 cm³/mol. The number of rotatable bonds is 6. The minimum atomic E-state index is -0.114. The van der Waals surface area contributed by atoms with E-state index in [2.05, 4.69) is 4.98 Å². The van der Waals surface area contributed by atoms with Gasteiger partial charge in [-0.25, -0.2) is 0 Å². The molecule has 0 atom stereocenters. The van der Waals surface area contributed by atoms with Gasteiger partial charge in [0.25, 0.3) is 0 Å². The molecule has 0 amide bonds. The lowest BCUT2D eigenvalue weighted by Crippen LogP contribution is -1.99. The Balaban J connectivity index is 0.00000261. The molecule has 2 aromatic carbocycles. The van der Waals surface area contributed by atoms with Gasteiger partial charge in [0.1, 0.15) is 17.2 Å². The summed E-state index contributed by atoms with van der Waals surface area (Å²) in [6.45, 7) is 1.49. The van der Waals surface area contributed by atoms with Gasteiger partial charge < -0.3 is 18.9 Å². The monoisotopic (exact) mass is 389 g/mol. The predicted octanol–water partition coefficient (Wildman–Crippen LogP) is 4.68. The first-order chi connectivity index (χ1) is 12.6. The lowest BCUT2D eigenvalue weighted by molar-refractivity contribution is 0.101. The Morgan fingerprint density at radius 2 is 1.56 bits per heavy atom. The summed E-state index contributed by atoms with van der Waals surface area (Å²) < 4.78 is 21.9. The molecule has 0 aliphatic carbocycles. The average molecular weight is 390 g/mol. The molecular formula is C20H20ClNO5. The van der Waals surface area contributed by atoms with Crippen molar-refractivity contribution in [2.45, 2.75) is 6.92 Å². The fraction of sp³-hybridized carbons (Fsp3) is 0.200. The summed E-state index contributed by atoms with van der Waals surface area (Å²) in [5, 5.41) is 0.746. The highest BCUT2D eigenvalue weighted by Gasteiger charge is 2.15. The van der Waals surface area contributed by atoms with E-state index in [4.69, 9.17) is 18.9 Å². The standard InChI is InChI=1S/C20H19NO5.ClH/c1-12(22)14-9-13(23-2)5-6-17(14)26-18-7-8-21-16-11-20(25-4)19(24-3)10-15(16)18;/h5-11H,1-4H3;1H. The number of aromatic nitrogens is 1. The molecule has 0 unspecified atom stereocenters. The van der Waals surface area contributed by atoms with Gasteiger partial charge in [-0.1, -0.05) is 0 Å². The van der Waals surface area contributed by atoms with Gasteiger partial charge in [0, 0.05) is 17.6 Å². The smallest absolute Gasteiger partial charge is 0.163 e. The van der Waals surface area contributed by atoms with Crippen LogP contribution in [0.5, 0.6) is 28.7 Å². The van der Waals surface area contributed by atoms with Crippen LogP contribution in [0.25, 0.3) is 10.9 Å². The maximum Gasteiger partial charge on any atom is 0.163 e. The number of hydrogen-bond donors (Lipinski definition) is 0. The van der Waals surface area contributed by atoms with Gasteiger partial charge in [-0.15, -0.1) is 12.4 Å². The van der Waals surface area contributed by atoms with Crippen LogP contribution in [0.1, 0.15) is 17.3 Å². The fourth-order valence-corrected chi connectivity index (χ4v) is 2.66. The second-order valence-electron chi connectivity index (χ2n) is 5.55. The van der Waals surface area contributed by atoms with Crippen molar-refractivity contribution < 1.29 is 23.7 Å². The van der Waals surface area contributed by atoms with Crippen LogP contribution in [-0.4, -0.2) is 32.1 Å². The lowest BCUT2D eigenvalue weighted by atomic mass is 10.1. The second-order valence-corrected chi connectivity index (χ2v) is 5.55. The molecule has 0 spiro atoms. The molecule has 0 radical (unpaired) electrons. The first-order valence-electron chi connectivity index (χ1n) is 7.95. The summed E-state index contributed by atoms with van der Waals surface area (Å²) in [5.41, 5.74) is 1.13. The van der Waals surface area contributed by atoms with E-state index >= 15 is 0 Å². The third kappa shape index (κ3) is 4.06. The van der Waals surface area contributed by atoms with Crippen LogP contribution in [0.3, 0.4) is 0 Å². The number of fused-ring (bicyclic) bond motifs is 1. The Morgan fingerprint density at radius 1 is 0.852 bits per heavy atom. The van der Waals surface area contributed by atoms with Crippen molar-refractivity contribution >= 4 is 29.1 Å². The Labute approximate surface area is 163 Å². The zero-order valence-corrected chi connectivity index (χ0v) is 16.3. The number of Topliss-reactive ketones (excluding diaryl/α,β-unsaturated/α-hetero) is 1. The summed E-state index contributed by atoms with van der Waals surface area (Å²) in [4.78, 5) is 16.3. The number of ether oxygens (including phenoxy) is 4. The van der Waals surface area contributed by atoms with Crippen molar-refractivity contribution in [1.82, 2.24) is 4.98 Å². The molecule has 3 aromatic rings. The van der Waals surface area contributed by atoms with Crippen molar-refractivity contribution in [2.24, 2.45) is 0 Å². The van der Waals surface area contributed by atoms with Gasteiger partial charge in [0.05, 0.1) is 32.4 Å². The molecule has 0 N–H and O–H groups in total. The van der Waals surface area contributed by atoms with E-state index in [-0.39, 0.29) is 18.2 Å². The Hall–Kier alpha value is -2.99. The van der Waals surface area contributed by atoms with Gasteiger partial charge in [-0.2, -0.15) is 0 Å². The van der Waals surface area contributed by atoms with E-state index < -0.39 is 0 Å². The number of methoxy groups -OCH3 is 3. The Bertz CT molecular complexity index is 974. The molecule has 0 fully saturated rings. The Morgan fingerprint density at radius 3 is 2.19 bits per heavy atom. The van der Waals surface area contributed by atoms with E-state index in [9.17, 15) is 4.79 Å². The number of carbonyl (C=O) groups excluding carboxylic acids is 1. The van der Waals surface area contributed by atoms with Gasteiger partial charge >= 0.3 is 0 Å². The summed E-state index contributed by atoms with van der Waals surface area (Å²) in [6.07, 6.45) is 1.64. The molecule has 0 aliphatic rings. The van der Waals surface area contributed by atoms with Crippen molar-refractivity contribution in [1.29, 1.82) is 0 Å². The van der Waals surface area contributed by atoms with Crippen LogP contribution < -0.4 is 18.9 Å². The molecule has 0 aliphatic heterocycles. The summed E-state index contributed by atoms with van der Waals surface area (Å²) in [7, 11) is 4.69. The molecule has 6 nitrogen and oxygen atoms in total. The molecule has 27 heavy (non-hydrogen) atoms. The highest BCUT2D eigenvalue weighted by Crippen LogP contribution is 2.38. The van der Waals surface area contributed by atoms with Gasteiger partial charge in [0.2, 0.25) is 0 Å². The van der Waals surface area contributed by atoms with Crippen LogP contribution in [0, 0.1) is 0 Å². The maximum absolute atomic E-state index is 12.0. The maximum atomic E-state index is 12.0. The van der Waals surface area contributed by atoms with E-state index in [1.807, 2.05) is 0 Å². The normalized spacial score (nSPS) is 10.1. The van der Waals surface area contributed by atoms with Gasteiger partial charge in [0.15, 0.2) is 17.3 Å². The number of hydrogen-bond acceptors (Lipinski definition) is 6. The van der Waals surface area contributed by atoms with E-state index in [0.29, 0.717) is 39.8 Å². The SMILES string of the molecule is COc1ccc(Oc2ccnc3cc(OC)c(OC)cc23)c(C(C)=O)c1.Cl. The van der Waals surface area contributed by atoms with Crippen LogP contribution in [-0.2, 0) is 0 Å². The van der Waals surface area contributed by atoms with E-state index in [1.165, 1.54) is 6.92 Å². The zero-order chi connectivity index (χ0) is 18.7. The highest BCUT2D eigenvalue weighted by atomic mass is 35.5. The molecular weight excluding hydrogens is 370 g/mol. The van der Waals surface area contributed by atoms with Crippen molar-refractivity contribution in [3.8, 4) is 28.7 Å². The fourth-order valence-electron chi connectivity index (χ4n) is 2.66. The lowest BCUT2D eigenvalue weighted by Gasteiger charge is -2.14. The van der Waals surface area contributed by atoms with Gasteiger partial charge in [-0.05, 0) is 37.3 Å². The summed E-state index contributed by atoms with van der Waals surface area (Å²) in [5.74, 6) is 2.63. The zero-order valence-electron chi connectivity index (χ0n) is 15.4. The Kier molecular flexibility index (Phi) is 6.47. The number of ketones is 1. The molecule has 142 valence electrons. The molecule has 0 saturated carbocycles. The van der Waals surface area contributed by atoms with E-state index in [1.54, 1.807) is 63.9 Å². The second kappa shape index (κ2) is 8.60. The van der Waals surface area contributed by atoms with Crippen molar-refractivity contribution in [2.75, 3.05) is 21.3 Å². The van der Waals surface area contributed by atoms with Crippen LogP contribution >= 0.6 is 12.4 Å². The van der Waals surface area contributed by atoms with Crippen LogP contribution in [0.4, 0.5) is 0 Å². The van der Waals surface area contributed by atoms with Gasteiger partial charge in [-0.3, -0.25) is 9.78 Å². The minimum Gasteiger partial charge on any atom is -0.497 e. The number of pyridine rings is 1. The topological polar surface area (TPSA) is 66.9 Å². The van der Waals surface area contributed by atoms with Crippen LogP contribution in [0.2, 0.25) is 0 Å². The third-order valence-corrected chi connectivity index (χ3v) is 3.99. The van der Waals surface area contributed by atoms with Crippen molar-refractivity contribution in [3.63, 3.8) is 0 Å². The third-order valence-electron chi connectivity index (χ3n) is 3.99. The number of halogens is 1. The molecule has 0 bridgehead atoms. The summed E-state index contributed by atoms with van der Waals surface area (Å²) >= 11 is 0. The quantitative estimate of drug-likeness (QED) is 0.570. The summed E-state index contributed by atoms with van der Waals surface area (Å²) in [6, 6.07) is 10.4. The molecule has 1 heterocycles. The number of carbonyl (C=O) groups is 1. The molecule has 0 saturated heterocycles. The highest BCUT2D eigenvalue weighted by molar-refractivity contribution is 5.97.